The highest BCUT2D eigenvalue weighted by Gasteiger charge is 2.52. The molecule has 4 nitrogen and oxygen atoms in total. The number of hydrogen-bond acceptors (Lipinski definition) is 5. The monoisotopic (exact) mass is 398 g/mol. The second-order valence-corrected chi connectivity index (χ2v) is 10.0. The minimum absolute atomic E-state index is 0.271. The summed E-state index contributed by atoms with van der Waals surface area (Å²) in [6, 6.07) is 10.1. The maximum absolute atomic E-state index is 9.80. The van der Waals surface area contributed by atoms with Crippen LogP contribution in [-0.4, -0.2) is 15.0 Å². The Bertz CT molecular complexity index is 1130. The van der Waals surface area contributed by atoms with Crippen LogP contribution in [0.5, 0.6) is 0 Å². The molecule has 4 saturated carbocycles. The molecule has 0 aliphatic heterocycles. The molecule has 0 amide bonds. The van der Waals surface area contributed by atoms with Crippen LogP contribution in [-0.2, 0) is 5.41 Å². The predicted octanol–water partition coefficient (Wildman–Crippen LogP) is 5.62. The number of allylic oxidation sites excluding steroid dienone is 1. The summed E-state index contributed by atoms with van der Waals surface area (Å²) in [5.41, 5.74) is 4.49. The van der Waals surface area contributed by atoms with E-state index < -0.39 is 0 Å². The second kappa shape index (κ2) is 6.47. The molecule has 1 aromatic carbocycles. The van der Waals surface area contributed by atoms with Crippen molar-refractivity contribution in [1.29, 1.82) is 5.26 Å². The van der Waals surface area contributed by atoms with Gasteiger partial charge in [-0.25, -0.2) is 9.97 Å². The molecule has 7 rings (SSSR count). The summed E-state index contributed by atoms with van der Waals surface area (Å²) in [4.78, 5) is 14.1. The highest BCUT2D eigenvalue weighted by atomic mass is 32.1. The summed E-state index contributed by atoms with van der Waals surface area (Å²) >= 11 is 1.60. The van der Waals surface area contributed by atoms with Crippen molar-refractivity contribution in [1.82, 2.24) is 15.0 Å². The third-order valence-corrected chi connectivity index (χ3v) is 8.07. The Balaban J connectivity index is 1.34. The first-order chi connectivity index (χ1) is 14.2. The number of rotatable bonds is 3. The Morgan fingerprint density at radius 3 is 2.41 bits per heavy atom. The molecule has 29 heavy (non-hydrogen) atoms. The van der Waals surface area contributed by atoms with Gasteiger partial charge >= 0.3 is 0 Å². The molecule has 0 spiro atoms. The molecule has 0 N–H and O–H groups in total. The summed E-state index contributed by atoms with van der Waals surface area (Å²) in [6.45, 7) is 0. The van der Waals surface area contributed by atoms with Crippen molar-refractivity contribution >= 4 is 34.0 Å². The standard InChI is InChI=1S/C24H22N4S/c25-12-18(8-19-13-26-20-3-1-2-4-21(20)27-19)23-28-22(14-29-23)24-9-15-5-16(10-24)7-17(6-15)11-24/h1-4,8,13-17H,5-7,9-11H2/b18-8+. The molecule has 144 valence electrons. The lowest BCUT2D eigenvalue weighted by Crippen LogP contribution is -2.48. The van der Waals surface area contributed by atoms with Gasteiger partial charge < -0.3 is 0 Å². The van der Waals surface area contributed by atoms with E-state index in [9.17, 15) is 5.26 Å². The molecule has 3 aromatic rings. The summed E-state index contributed by atoms with van der Waals surface area (Å²) in [5.74, 6) is 2.68. The van der Waals surface area contributed by atoms with Gasteiger partial charge in [-0.2, -0.15) is 5.26 Å². The topological polar surface area (TPSA) is 62.5 Å². The number of fused-ring (bicyclic) bond motifs is 1. The zero-order valence-electron chi connectivity index (χ0n) is 16.2. The van der Waals surface area contributed by atoms with Gasteiger partial charge in [-0.3, -0.25) is 4.98 Å². The van der Waals surface area contributed by atoms with Crippen LogP contribution in [0, 0.1) is 29.1 Å². The van der Waals surface area contributed by atoms with E-state index in [1.807, 2.05) is 30.3 Å². The summed E-state index contributed by atoms with van der Waals surface area (Å²) in [6.07, 6.45) is 11.7. The van der Waals surface area contributed by atoms with Gasteiger partial charge in [0.05, 0.1) is 34.2 Å². The molecule has 4 bridgehead atoms. The maximum Gasteiger partial charge on any atom is 0.134 e. The SMILES string of the molecule is N#C/C(=C\c1cnc2ccccc2n1)c1nc(C23CC4CC(CC(C4)C2)C3)cs1. The van der Waals surface area contributed by atoms with E-state index in [0.717, 1.165) is 33.8 Å². The van der Waals surface area contributed by atoms with E-state index in [-0.39, 0.29) is 5.41 Å². The molecular formula is C24H22N4S. The first-order valence-corrected chi connectivity index (χ1v) is 11.4. The van der Waals surface area contributed by atoms with Crippen molar-refractivity contribution in [2.45, 2.75) is 43.9 Å². The first kappa shape index (κ1) is 17.3. The minimum Gasteiger partial charge on any atom is -0.252 e. The normalized spacial score (nSPS) is 30.6. The molecule has 4 fully saturated rings. The number of para-hydroxylation sites is 2. The Morgan fingerprint density at radius 1 is 1.03 bits per heavy atom. The Morgan fingerprint density at radius 2 is 1.72 bits per heavy atom. The fraction of sp³-hybridized carbons (Fsp3) is 0.417. The second-order valence-electron chi connectivity index (χ2n) is 9.19. The number of hydrogen-bond donors (Lipinski definition) is 0. The lowest BCUT2D eigenvalue weighted by Gasteiger charge is -2.56. The Kier molecular flexibility index (Phi) is 3.86. The van der Waals surface area contributed by atoms with Crippen molar-refractivity contribution < 1.29 is 0 Å². The lowest BCUT2D eigenvalue weighted by atomic mass is 9.49. The fourth-order valence-corrected chi connectivity index (χ4v) is 7.30. The first-order valence-electron chi connectivity index (χ1n) is 10.5. The van der Waals surface area contributed by atoms with E-state index >= 15 is 0 Å². The van der Waals surface area contributed by atoms with E-state index in [4.69, 9.17) is 4.98 Å². The van der Waals surface area contributed by atoms with Crippen LogP contribution < -0.4 is 0 Å². The number of nitrogens with zero attached hydrogens (tertiary/aromatic N) is 4. The van der Waals surface area contributed by atoms with E-state index in [1.165, 1.54) is 44.2 Å². The van der Waals surface area contributed by atoms with Crippen LogP contribution in [0.15, 0.2) is 35.8 Å². The third kappa shape index (κ3) is 2.89. The molecule has 0 saturated heterocycles. The average Bonchev–Trinajstić information content (AvgIpc) is 3.22. The van der Waals surface area contributed by atoms with Crippen molar-refractivity contribution in [3.63, 3.8) is 0 Å². The van der Waals surface area contributed by atoms with Gasteiger partial charge in [0.1, 0.15) is 11.1 Å². The fourth-order valence-electron chi connectivity index (χ4n) is 6.40. The van der Waals surface area contributed by atoms with Gasteiger partial charge in [-0.05, 0) is 74.5 Å². The quantitative estimate of drug-likeness (QED) is 0.537. The maximum atomic E-state index is 9.80. The number of benzene rings is 1. The van der Waals surface area contributed by atoms with E-state index in [0.29, 0.717) is 11.3 Å². The number of thiazole rings is 1. The predicted molar refractivity (Wildman–Crippen MR) is 115 cm³/mol. The molecule has 2 aromatic heterocycles. The molecule has 2 heterocycles. The molecule has 4 aliphatic carbocycles. The van der Waals surface area contributed by atoms with Gasteiger partial charge in [0, 0.05) is 10.8 Å². The smallest absolute Gasteiger partial charge is 0.134 e. The van der Waals surface area contributed by atoms with Gasteiger partial charge in [0.25, 0.3) is 0 Å². The molecule has 5 heteroatoms. The van der Waals surface area contributed by atoms with Crippen LogP contribution in [0.2, 0.25) is 0 Å². The van der Waals surface area contributed by atoms with Gasteiger partial charge in [-0.1, -0.05) is 12.1 Å². The highest BCUT2D eigenvalue weighted by molar-refractivity contribution is 7.11. The van der Waals surface area contributed by atoms with Crippen molar-refractivity contribution in [3.05, 3.63) is 52.2 Å². The molecule has 0 unspecified atom stereocenters. The van der Waals surface area contributed by atoms with Crippen LogP contribution in [0.4, 0.5) is 0 Å². The van der Waals surface area contributed by atoms with Gasteiger partial charge in [0.15, 0.2) is 0 Å². The van der Waals surface area contributed by atoms with Crippen molar-refractivity contribution in [3.8, 4) is 6.07 Å². The Labute approximate surface area is 174 Å². The third-order valence-electron chi connectivity index (χ3n) is 7.20. The van der Waals surface area contributed by atoms with Crippen LogP contribution >= 0.6 is 11.3 Å². The van der Waals surface area contributed by atoms with Crippen LogP contribution in [0.1, 0.15) is 54.9 Å². The van der Waals surface area contributed by atoms with Crippen LogP contribution in [0.3, 0.4) is 0 Å². The molecule has 4 aliphatic rings. The van der Waals surface area contributed by atoms with Gasteiger partial charge in [-0.15, -0.1) is 11.3 Å². The highest BCUT2D eigenvalue weighted by Crippen LogP contribution is 2.60. The molecule has 0 radical (unpaired) electrons. The number of aromatic nitrogens is 3. The number of nitriles is 1. The van der Waals surface area contributed by atoms with Gasteiger partial charge in [0.2, 0.25) is 0 Å². The minimum atomic E-state index is 0.271. The summed E-state index contributed by atoms with van der Waals surface area (Å²) < 4.78 is 0. The largest absolute Gasteiger partial charge is 0.252 e. The summed E-state index contributed by atoms with van der Waals surface area (Å²) in [5, 5.41) is 12.8. The zero-order chi connectivity index (χ0) is 19.4. The van der Waals surface area contributed by atoms with E-state index in [2.05, 4.69) is 21.4 Å². The van der Waals surface area contributed by atoms with Crippen molar-refractivity contribution in [2.75, 3.05) is 0 Å². The lowest BCUT2D eigenvalue weighted by molar-refractivity contribution is -0.00694. The molecule has 0 atom stereocenters. The Hall–Kier alpha value is -2.58. The van der Waals surface area contributed by atoms with Crippen LogP contribution in [0.25, 0.3) is 22.7 Å². The summed E-state index contributed by atoms with van der Waals surface area (Å²) in [7, 11) is 0. The van der Waals surface area contributed by atoms with E-state index in [1.54, 1.807) is 17.5 Å². The molecular weight excluding hydrogens is 376 g/mol. The van der Waals surface area contributed by atoms with Crippen molar-refractivity contribution in [2.24, 2.45) is 17.8 Å². The average molecular weight is 399 g/mol. The zero-order valence-corrected chi connectivity index (χ0v) is 17.0.